The van der Waals surface area contributed by atoms with Crippen LogP contribution in [0.2, 0.25) is 0 Å². The van der Waals surface area contributed by atoms with Gasteiger partial charge in [-0.05, 0) is 31.8 Å². The minimum atomic E-state index is 0.699. The summed E-state index contributed by atoms with van der Waals surface area (Å²) in [5.74, 6) is 0.699. The fourth-order valence-corrected chi connectivity index (χ4v) is 2.65. The Labute approximate surface area is 121 Å². The fourth-order valence-electron chi connectivity index (χ4n) is 2.65. The van der Waals surface area contributed by atoms with Crippen LogP contribution in [0, 0.1) is 5.92 Å². The molecule has 0 saturated carbocycles. The molecule has 0 radical (unpaired) electrons. The summed E-state index contributed by atoms with van der Waals surface area (Å²) >= 11 is 0. The number of nitrogens with one attached hydrogen (secondary N) is 1. The number of hydrogen-bond acceptors (Lipinski definition) is 5. The van der Waals surface area contributed by atoms with Gasteiger partial charge in [0.25, 0.3) is 0 Å². The van der Waals surface area contributed by atoms with Gasteiger partial charge >= 0.3 is 0 Å². The van der Waals surface area contributed by atoms with Gasteiger partial charge < -0.3 is 15.0 Å². The summed E-state index contributed by atoms with van der Waals surface area (Å²) in [5.41, 5.74) is 1.03. The van der Waals surface area contributed by atoms with Crippen molar-refractivity contribution in [3.63, 3.8) is 0 Å². The largest absolute Gasteiger partial charge is 0.384 e. The topological polar surface area (TPSA) is 55.2 Å². The van der Waals surface area contributed by atoms with Crippen LogP contribution in [-0.2, 0) is 17.8 Å². The molecule has 0 aromatic carbocycles. The lowest BCUT2D eigenvalue weighted by atomic mass is 10.1. The third-order valence-corrected chi connectivity index (χ3v) is 3.74. The Bertz CT molecular complexity index is 381. The Balaban J connectivity index is 1.67. The van der Waals surface area contributed by atoms with Crippen LogP contribution in [0.1, 0.15) is 25.5 Å². The average Bonchev–Trinajstić information content (AvgIpc) is 3.07. The minimum absolute atomic E-state index is 0.699. The monoisotopic (exact) mass is 281 g/mol. The van der Waals surface area contributed by atoms with E-state index in [9.17, 15) is 0 Å². The first-order valence-electron chi connectivity index (χ1n) is 7.62. The predicted molar refractivity (Wildman–Crippen MR) is 78.4 cm³/mol. The molecule has 1 aromatic heterocycles. The van der Waals surface area contributed by atoms with Gasteiger partial charge in [0.15, 0.2) is 0 Å². The number of likely N-dealkylation sites (tertiary alicyclic amines) is 1. The van der Waals surface area contributed by atoms with Gasteiger partial charge in [-0.2, -0.15) is 0 Å². The number of aromatic nitrogens is 3. The van der Waals surface area contributed by atoms with Gasteiger partial charge in [-0.15, -0.1) is 5.10 Å². The van der Waals surface area contributed by atoms with Gasteiger partial charge in [-0.3, -0.25) is 4.68 Å². The summed E-state index contributed by atoms with van der Waals surface area (Å²) in [6.07, 6.45) is 4.44. The quantitative estimate of drug-likeness (QED) is 0.677. The number of nitrogens with zero attached hydrogens (tertiary/aromatic N) is 4. The van der Waals surface area contributed by atoms with Crippen molar-refractivity contribution in [3.8, 4) is 0 Å². The van der Waals surface area contributed by atoms with Crippen LogP contribution in [0.5, 0.6) is 0 Å². The smallest absolute Gasteiger partial charge is 0.0964 e. The third-order valence-electron chi connectivity index (χ3n) is 3.74. The average molecular weight is 281 g/mol. The van der Waals surface area contributed by atoms with E-state index in [2.05, 4.69) is 27.5 Å². The van der Waals surface area contributed by atoms with Crippen LogP contribution in [0.3, 0.4) is 0 Å². The second kappa shape index (κ2) is 8.34. The van der Waals surface area contributed by atoms with Crippen LogP contribution in [0.25, 0.3) is 0 Å². The van der Waals surface area contributed by atoms with E-state index in [0.717, 1.165) is 51.4 Å². The Kier molecular flexibility index (Phi) is 6.42. The first-order valence-corrected chi connectivity index (χ1v) is 7.62. The molecular weight excluding hydrogens is 254 g/mol. The molecule has 1 fully saturated rings. The van der Waals surface area contributed by atoms with Crippen LogP contribution in [-0.4, -0.2) is 59.8 Å². The van der Waals surface area contributed by atoms with Crippen molar-refractivity contribution in [2.24, 2.45) is 5.92 Å². The molecule has 1 saturated heterocycles. The van der Waals surface area contributed by atoms with Gasteiger partial charge in [-0.1, -0.05) is 12.1 Å². The highest BCUT2D eigenvalue weighted by Crippen LogP contribution is 2.15. The minimum Gasteiger partial charge on any atom is -0.384 e. The summed E-state index contributed by atoms with van der Waals surface area (Å²) in [6, 6.07) is 0. The van der Waals surface area contributed by atoms with E-state index in [-0.39, 0.29) is 0 Å². The van der Waals surface area contributed by atoms with Crippen LogP contribution in [0.4, 0.5) is 0 Å². The van der Waals surface area contributed by atoms with E-state index >= 15 is 0 Å². The van der Waals surface area contributed by atoms with Crippen molar-refractivity contribution in [1.82, 2.24) is 25.2 Å². The SMILES string of the molecule is CCCNCc1cn(CCN2CCC(COC)C2)nn1. The molecule has 2 rings (SSSR count). The Morgan fingerprint density at radius 1 is 1.45 bits per heavy atom. The highest BCUT2D eigenvalue weighted by molar-refractivity contribution is 4.91. The molecule has 1 aromatic rings. The van der Waals surface area contributed by atoms with E-state index in [1.54, 1.807) is 7.11 Å². The van der Waals surface area contributed by atoms with Gasteiger partial charge in [0.1, 0.15) is 0 Å². The lowest BCUT2D eigenvalue weighted by molar-refractivity contribution is 0.152. The van der Waals surface area contributed by atoms with E-state index in [1.165, 1.54) is 13.0 Å². The maximum absolute atomic E-state index is 5.23. The van der Waals surface area contributed by atoms with Gasteiger partial charge in [-0.25, -0.2) is 0 Å². The molecule has 2 heterocycles. The first kappa shape index (κ1) is 15.4. The molecular formula is C14H27N5O. The van der Waals surface area contributed by atoms with Crippen molar-refractivity contribution in [3.05, 3.63) is 11.9 Å². The van der Waals surface area contributed by atoms with Crippen molar-refractivity contribution in [1.29, 1.82) is 0 Å². The van der Waals surface area contributed by atoms with E-state index in [0.29, 0.717) is 5.92 Å². The fraction of sp³-hybridized carbons (Fsp3) is 0.857. The number of rotatable bonds is 9. The van der Waals surface area contributed by atoms with Crippen LogP contribution in [0.15, 0.2) is 6.20 Å². The van der Waals surface area contributed by atoms with Gasteiger partial charge in [0.05, 0.1) is 18.8 Å². The molecule has 0 bridgehead atoms. The third kappa shape index (κ3) is 4.85. The molecule has 6 heteroatoms. The molecule has 1 aliphatic rings. The van der Waals surface area contributed by atoms with Gasteiger partial charge in [0.2, 0.25) is 0 Å². The van der Waals surface area contributed by atoms with E-state index in [4.69, 9.17) is 4.74 Å². The number of hydrogen-bond donors (Lipinski definition) is 1. The van der Waals surface area contributed by atoms with Crippen LogP contribution >= 0.6 is 0 Å². The van der Waals surface area contributed by atoms with Crippen molar-refractivity contribution in [2.75, 3.05) is 39.9 Å². The summed E-state index contributed by atoms with van der Waals surface area (Å²) in [7, 11) is 1.78. The molecule has 6 nitrogen and oxygen atoms in total. The summed E-state index contributed by atoms with van der Waals surface area (Å²) in [4.78, 5) is 2.49. The maximum Gasteiger partial charge on any atom is 0.0964 e. The summed E-state index contributed by atoms with van der Waals surface area (Å²) in [6.45, 7) is 9.17. The molecule has 0 amide bonds. The molecule has 0 aliphatic carbocycles. The van der Waals surface area contributed by atoms with Crippen LogP contribution < -0.4 is 5.32 Å². The van der Waals surface area contributed by atoms with E-state index < -0.39 is 0 Å². The Hall–Kier alpha value is -0.980. The molecule has 20 heavy (non-hydrogen) atoms. The Morgan fingerprint density at radius 2 is 2.35 bits per heavy atom. The molecule has 1 unspecified atom stereocenters. The Morgan fingerprint density at radius 3 is 3.15 bits per heavy atom. The lowest BCUT2D eigenvalue weighted by Crippen LogP contribution is -2.26. The highest BCUT2D eigenvalue weighted by atomic mass is 16.5. The summed E-state index contributed by atoms with van der Waals surface area (Å²) in [5, 5.41) is 11.7. The zero-order valence-electron chi connectivity index (χ0n) is 12.7. The van der Waals surface area contributed by atoms with Crippen molar-refractivity contribution in [2.45, 2.75) is 32.9 Å². The van der Waals surface area contributed by atoms with Crippen molar-refractivity contribution < 1.29 is 4.74 Å². The highest BCUT2D eigenvalue weighted by Gasteiger charge is 2.21. The number of ether oxygens (including phenoxy) is 1. The van der Waals surface area contributed by atoms with Gasteiger partial charge in [0, 0.05) is 32.9 Å². The zero-order chi connectivity index (χ0) is 14.2. The normalized spacial score (nSPS) is 19.8. The second-order valence-corrected chi connectivity index (χ2v) is 5.56. The molecule has 1 atom stereocenters. The molecule has 114 valence electrons. The maximum atomic E-state index is 5.23. The lowest BCUT2D eigenvalue weighted by Gasteiger charge is -2.15. The first-order chi connectivity index (χ1) is 9.81. The number of methoxy groups -OCH3 is 1. The molecule has 1 N–H and O–H groups in total. The van der Waals surface area contributed by atoms with E-state index in [1.807, 2.05) is 10.9 Å². The second-order valence-electron chi connectivity index (χ2n) is 5.56. The molecule has 1 aliphatic heterocycles. The molecule has 0 spiro atoms. The predicted octanol–water partition coefficient (Wildman–Crippen LogP) is 0.746. The summed E-state index contributed by atoms with van der Waals surface area (Å²) < 4.78 is 7.18. The van der Waals surface area contributed by atoms with Crippen molar-refractivity contribution >= 4 is 0 Å². The standard InChI is InChI=1S/C14H27N5O/c1-3-5-15-9-14-11-19(17-16-14)8-7-18-6-4-13(10-18)12-20-2/h11,13,15H,3-10,12H2,1-2H3. The zero-order valence-corrected chi connectivity index (χ0v) is 12.7.